The van der Waals surface area contributed by atoms with Crippen LogP contribution in [0.2, 0.25) is 0 Å². The first-order valence-corrected chi connectivity index (χ1v) is 6.95. The lowest BCUT2D eigenvalue weighted by Crippen LogP contribution is -2.30. The number of thioether (sulfide) groups is 1. The monoisotopic (exact) mass is 269 g/mol. The van der Waals surface area contributed by atoms with Gasteiger partial charge < -0.3 is 5.32 Å². The van der Waals surface area contributed by atoms with E-state index in [0.29, 0.717) is 0 Å². The van der Waals surface area contributed by atoms with Crippen LogP contribution in [-0.4, -0.2) is 17.7 Å². The molecule has 0 aromatic heterocycles. The molecular formula is C16H15NOS. The first-order chi connectivity index (χ1) is 9.20. The minimum Gasteiger partial charge on any atom is -0.344 e. The highest BCUT2D eigenvalue weighted by molar-refractivity contribution is 8.00. The number of fused-ring (bicyclic) bond motifs is 1. The SMILES string of the molecule is C#CCNC(=O)C(C)Sc1ccc2ccccc2c1. The molecule has 19 heavy (non-hydrogen) atoms. The molecule has 0 bridgehead atoms. The van der Waals surface area contributed by atoms with E-state index in [1.165, 1.54) is 22.5 Å². The lowest BCUT2D eigenvalue weighted by Gasteiger charge is -2.11. The average molecular weight is 269 g/mol. The van der Waals surface area contributed by atoms with Crippen molar-refractivity contribution in [1.82, 2.24) is 5.32 Å². The molecule has 0 spiro atoms. The Morgan fingerprint density at radius 1 is 1.32 bits per heavy atom. The van der Waals surface area contributed by atoms with E-state index in [-0.39, 0.29) is 17.7 Å². The molecule has 2 nitrogen and oxygen atoms in total. The van der Waals surface area contributed by atoms with Crippen LogP contribution >= 0.6 is 11.8 Å². The molecule has 0 aliphatic heterocycles. The van der Waals surface area contributed by atoms with Gasteiger partial charge in [-0.05, 0) is 29.8 Å². The fourth-order valence-corrected chi connectivity index (χ4v) is 2.72. The summed E-state index contributed by atoms with van der Waals surface area (Å²) in [6.45, 7) is 2.16. The molecule has 0 aliphatic carbocycles. The maximum absolute atomic E-state index is 11.7. The van der Waals surface area contributed by atoms with Crippen LogP contribution in [0.4, 0.5) is 0 Å². The van der Waals surface area contributed by atoms with E-state index in [0.717, 1.165) is 4.90 Å². The second kappa shape index (κ2) is 6.31. The molecule has 0 saturated carbocycles. The molecule has 0 heterocycles. The van der Waals surface area contributed by atoms with E-state index in [1.807, 2.05) is 25.1 Å². The summed E-state index contributed by atoms with van der Waals surface area (Å²) in [6, 6.07) is 14.4. The number of carbonyl (C=O) groups excluding carboxylic acids is 1. The van der Waals surface area contributed by atoms with Crippen molar-refractivity contribution in [1.29, 1.82) is 0 Å². The topological polar surface area (TPSA) is 29.1 Å². The predicted octanol–water partition coefficient (Wildman–Crippen LogP) is 3.07. The molecule has 1 N–H and O–H groups in total. The maximum Gasteiger partial charge on any atom is 0.233 e. The summed E-state index contributed by atoms with van der Waals surface area (Å²) in [4.78, 5) is 12.8. The van der Waals surface area contributed by atoms with Crippen LogP contribution in [0.1, 0.15) is 6.92 Å². The molecule has 0 radical (unpaired) electrons. The first-order valence-electron chi connectivity index (χ1n) is 6.07. The third-order valence-electron chi connectivity index (χ3n) is 2.77. The van der Waals surface area contributed by atoms with Gasteiger partial charge in [-0.25, -0.2) is 0 Å². The highest BCUT2D eigenvalue weighted by Gasteiger charge is 2.13. The standard InChI is InChI=1S/C16H15NOS/c1-3-10-17-16(18)12(2)19-15-9-8-13-6-4-5-7-14(13)11-15/h1,4-9,11-12H,10H2,2H3,(H,17,18). The van der Waals surface area contributed by atoms with E-state index in [1.54, 1.807) is 0 Å². The molecule has 0 aliphatic rings. The van der Waals surface area contributed by atoms with Crippen LogP contribution in [-0.2, 0) is 4.79 Å². The van der Waals surface area contributed by atoms with Gasteiger partial charge in [0.25, 0.3) is 0 Å². The third kappa shape index (κ3) is 3.52. The largest absolute Gasteiger partial charge is 0.344 e. The minimum absolute atomic E-state index is 0.0314. The van der Waals surface area contributed by atoms with Gasteiger partial charge in [-0.15, -0.1) is 18.2 Å². The van der Waals surface area contributed by atoms with Gasteiger partial charge in [-0.1, -0.05) is 36.3 Å². The molecule has 0 saturated heterocycles. The van der Waals surface area contributed by atoms with Gasteiger partial charge in [0.15, 0.2) is 0 Å². The molecule has 2 aromatic rings. The van der Waals surface area contributed by atoms with Gasteiger partial charge in [-0.2, -0.15) is 0 Å². The highest BCUT2D eigenvalue weighted by Crippen LogP contribution is 2.26. The Morgan fingerprint density at radius 2 is 2.05 bits per heavy atom. The Kier molecular flexibility index (Phi) is 4.48. The molecule has 2 rings (SSSR count). The van der Waals surface area contributed by atoms with Gasteiger partial charge >= 0.3 is 0 Å². The quantitative estimate of drug-likeness (QED) is 0.682. The van der Waals surface area contributed by atoms with Crippen molar-refractivity contribution in [3.05, 3.63) is 42.5 Å². The van der Waals surface area contributed by atoms with Crippen molar-refractivity contribution in [3.63, 3.8) is 0 Å². The Balaban J connectivity index is 2.08. The van der Waals surface area contributed by atoms with Crippen LogP contribution in [0.15, 0.2) is 47.4 Å². The molecule has 96 valence electrons. The van der Waals surface area contributed by atoms with Crippen LogP contribution in [0.25, 0.3) is 10.8 Å². The first kappa shape index (κ1) is 13.5. The fourth-order valence-electron chi connectivity index (χ4n) is 1.78. The molecule has 1 unspecified atom stereocenters. The number of hydrogen-bond donors (Lipinski definition) is 1. The van der Waals surface area contributed by atoms with E-state index in [9.17, 15) is 4.79 Å². The molecule has 1 amide bonds. The Bertz CT molecular complexity index is 630. The summed E-state index contributed by atoms with van der Waals surface area (Å²) in [7, 11) is 0. The van der Waals surface area contributed by atoms with E-state index >= 15 is 0 Å². The Labute approximate surface area is 117 Å². The molecule has 3 heteroatoms. The zero-order valence-corrected chi connectivity index (χ0v) is 11.5. The average Bonchev–Trinajstić information content (AvgIpc) is 2.44. The maximum atomic E-state index is 11.7. The van der Waals surface area contributed by atoms with Gasteiger partial charge in [0.05, 0.1) is 11.8 Å². The van der Waals surface area contributed by atoms with Crippen LogP contribution < -0.4 is 5.32 Å². The number of carbonyl (C=O) groups is 1. The normalized spacial score (nSPS) is 11.8. The number of nitrogens with one attached hydrogen (secondary N) is 1. The predicted molar refractivity (Wildman–Crippen MR) is 81.1 cm³/mol. The number of hydrogen-bond acceptors (Lipinski definition) is 2. The second-order valence-corrected chi connectivity index (χ2v) is 5.61. The van der Waals surface area contributed by atoms with Crippen molar-refractivity contribution in [2.75, 3.05) is 6.54 Å². The number of rotatable bonds is 4. The van der Waals surface area contributed by atoms with Gasteiger partial charge in [0.1, 0.15) is 0 Å². The zero-order valence-electron chi connectivity index (χ0n) is 10.7. The lowest BCUT2D eigenvalue weighted by molar-refractivity contribution is -0.120. The van der Waals surface area contributed by atoms with Crippen molar-refractivity contribution in [3.8, 4) is 12.3 Å². The number of amides is 1. The third-order valence-corrected chi connectivity index (χ3v) is 3.86. The van der Waals surface area contributed by atoms with E-state index in [2.05, 4.69) is 35.5 Å². The van der Waals surface area contributed by atoms with Gasteiger partial charge in [0.2, 0.25) is 5.91 Å². The molecule has 0 fully saturated rings. The van der Waals surface area contributed by atoms with Crippen molar-refractivity contribution in [2.24, 2.45) is 0 Å². The number of benzene rings is 2. The smallest absolute Gasteiger partial charge is 0.233 e. The summed E-state index contributed by atoms with van der Waals surface area (Å²) < 4.78 is 0. The molecule has 2 aromatic carbocycles. The highest BCUT2D eigenvalue weighted by atomic mass is 32.2. The van der Waals surface area contributed by atoms with Crippen LogP contribution in [0.3, 0.4) is 0 Å². The van der Waals surface area contributed by atoms with Crippen molar-refractivity contribution < 1.29 is 4.79 Å². The molecular weight excluding hydrogens is 254 g/mol. The fraction of sp³-hybridized carbons (Fsp3) is 0.188. The molecule has 1 atom stereocenters. The Morgan fingerprint density at radius 3 is 2.79 bits per heavy atom. The number of terminal acetylenes is 1. The summed E-state index contributed by atoms with van der Waals surface area (Å²) in [5.41, 5.74) is 0. The lowest BCUT2D eigenvalue weighted by atomic mass is 10.1. The van der Waals surface area contributed by atoms with E-state index < -0.39 is 0 Å². The second-order valence-electron chi connectivity index (χ2n) is 4.19. The summed E-state index contributed by atoms with van der Waals surface area (Å²) in [6.07, 6.45) is 5.12. The minimum atomic E-state index is -0.158. The Hall–Kier alpha value is -1.92. The van der Waals surface area contributed by atoms with Gasteiger partial charge in [-0.3, -0.25) is 4.79 Å². The van der Waals surface area contributed by atoms with Crippen molar-refractivity contribution >= 4 is 28.4 Å². The summed E-state index contributed by atoms with van der Waals surface area (Å²) in [5.74, 6) is 2.37. The van der Waals surface area contributed by atoms with Crippen LogP contribution in [0.5, 0.6) is 0 Å². The zero-order chi connectivity index (χ0) is 13.7. The van der Waals surface area contributed by atoms with Crippen LogP contribution in [0, 0.1) is 12.3 Å². The summed E-state index contributed by atoms with van der Waals surface area (Å²) >= 11 is 1.54. The van der Waals surface area contributed by atoms with Crippen molar-refractivity contribution in [2.45, 2.75) is 17.1 Å². The summed E-state index contributed by atoms with van der Waals surface area (Å²) in [5, 5.41) is 4.92. The van der Waals surface area contributed by atoms with E-state index in [4.69, 9.17) is 6.42 Å². The van der Waals surface area contributed by atoms with Gasteiger partial charge in [0, 0.05) is 4.90 Å².